The van der Waals surface area contributed by atoms with Crippen LogP contribution in [-0.4, -0.2) is 48.2 Å². The van der Waals surface area contributed by atoms with E-state index in [0.29, 0.717) is 23.4 Å². The van der Waals surface area contributed by atoms with Gasteiger partial charge in [-0.15, -0.1) is 13.2 Å². The summed E-state index contributed by atoms with van der Waals surface area (Å²) in [4.78, 5) is 15.8. The Bertz CT molecular complexity index is 855. The molecule has 6 nitrogen and oxygen atoms in total. The van der Waals surface area contributed by atoms with Gasteiger partial charge in [-0.05, 0) is 12.1 Å². The third-order valence-electron chi connectivity index (χ3n) is 3.63. The number of carbonyl (C=O) groups is 1. The summed E-state index contributed by atoms with van der Waals surface area (Å²) < 4.78 is 58.8. The molecule has 0 aliphatic carbocycles. The molecule has 2 rings (SSSR count). The summed E-state index contributed by atoms with van der Waals surface area (Å²) in [6.45, 7) is 2.70. The van der Waals surface area contributed by atoms with E-state index in [1.165, 1.54) is 18.5 Å². The Labute approximate surface area is 169 Å². The number of ether oxygens (including phenoxy) is 2. The van der Waals surface area contributed by atoms with Gasteiger partial charge in [-0.25, -0.2) is 9.37 Å². The van der Waals surface area contributed by atoms with Crippen LogP contribution in [0.4, 0.5) is 17.6 Å². The third kappa shape index (κ3) is 7.84. The van der Waals surface area contributed by atoms with Crippen molar-refractivity contribution in [3.63, 3.8) is 0 Å². The van der Waals surface area contributed by atoms with E-state index in [1.807, 2.05) is 0 Å². The number of hydrogen-bond acceptors (Lipinski definition) is 4. The molecule has 2 aromatic rings. The van der Waals surface area contributed by atoms with Crippen LogP contribution >= 0.6 is 11.6 Å². The molecule has 0 unspecified atom stereocenters. The Morgan fingerprint density at radius 2 is 2.07 bits per heavy atom. The molecule has 0 atom stereocenters. The number of imidazole rings is 1. The highest BCUT2D eigenvalue weighted by atomic mass is 35.5. The molecule has 1 aromatic carbocycles. The molecule has 0 saturated heterocycles. The quantitative estimate of drug-likeness (QED) is 0.454. The number of nitrogens with one attached hydrogen (secondary N) is 1. The lowest BCUT2D eigenvalue weighted by molar-refractivity contribution is -0.326. The fourth-order valence-corrected chi connectivity index (χ4v) is 2.33. The number of rotatable bonds is 10. The van der Waals surface area contributed by atoms with Gasteiger partial charge >= 0.3 is 6.36 Å². The maximum absolute atomic E-state index is 13.6. The molecule has 1 heterocycles. The molecule has 11 heteroatoms. The number of amides is 1. The van der Waals surface area contributed by atoms with Gasteiger partial charge in [0, 0.05) is 30.4 Å². The van der Waals surface area contributed by atoms with Crippen LogP contribution in [0.15, 0.2) is 37.3 Å². The molecule has 158 valence electrons. The molecule has 0 aliphatic heterocycles. The van der Waals surface area contributed by atoms with E-state index < -0.39 is 24.7 Å². The van der Waals surface area contributed by atoms with E-state index in [2.05, 4.69) is 21.6 Å². The van der Waals surface area contributed by atoms with Gasteiger partial charge in [0.2, 0.25) is 5.91 Å². The van der Waals surface area contributed by atoms with Crippen LogP contribution in [0.1, 0.15) is 6.42 Å². The van der Waals surface area contributed by atoms with Crippen molar-refractivity contribution in [2.24, 2.45) is 0 Å². The topological polar surface area (TPSA) is 65.4 Å². The first-order chi connectivity index (χ1) is 13.7. The van der Waals surface area contributed by atoms with Crippen LogP contribution in [0.2, 0.25) is 5.02 Å². The van der Waals surface area contributed by atoms with Crippen molar-refractivity contribution in [3.05, 3.63) is 48.1 Å². The number of aromatic nitrogens is 2. The summed E-state index contributed by atoms with van der Waals surface area (Å²) in [6, 6.07) is 4.35. The van der Waals surface area contributed by atoms with Crippen LogP contribution in [0, 0.1) is 5.82 Å². The van der Waals surface area contributed by atoms with Gasteiger partial charge in [0.25, 0.3) is 0 Å². The highest BCUT2D eigenvalue weighted by molar-refractivity contribution is 6.30. The molecule has 1 amide bonds. The van der Waals surface area contributed by atoms with E-state index in [9.17, 15) is 22.4 Å². The molecule has 0 aliphatic rings. The fraction of sp³-hybridized carbons (Fsp3) is 0.333. The third-order valence-corrected chi connectivity index (χ3v) is 3.93. The number of halogens is 5. The van der Waals surface area contributed by atoms with E-state index >= 15 is 0 Å². The lowest BCUT2D eigenvalue weighted by atomic mass is 10.2. The molecular formula is C18H18ClF4N3O3. The zero-order valence-electron chi connectivity index (χ0n) is 15.1. The molecule has 0 radical (unpaired) electrons. The second kappa shape index (κ2) is 10.4. The van der Waals surface area contributed by atoms with E-state index in [-0.39, 0.29) is 24.8 Å². The Kier molecular flexibility index (Phi) is 8.18. The minimum absolute atomic E-state index is 0.0187. The van der Waals surface area contributed by atoms with Gasteiger partial charge in [-0.2, -0.15) is 0 Å². The SMILES string of the molecule is C=C(CCNC(=O)COCCOC(F)(F)F)n1cnc(-c2ccc(Cl)c(F)c2)c1. The maximum atomic E-state index is 13.6. The second-order valence-electron chi connectivity index (χ2n) is 5.81. The number of nitrogens with zero attached hydrogens (tertiary/aromatic N) is 2. The van der Waals surface area contributed by atoms with Crippen LogP contribution in [0.5, 0.6) is 0 Å². The van der Waals surface area contributed by atoms with E-state index in [1.54, 1.807) is 16.8 Å². The average molecular weight is 436 g/mol. The zero-order chi connectivity index (χ0) is 21.4. The summed E-state index contributed by atoms with van der Waals surface area (Å²) in [5, 5.41) is 2.58. The Morgan fingerprint density at radius 3 is 2.76 bits per heavy atom. The summed E-state index contributed by atoms with van der Waals surface area (Å²) in [6.07, 6.45) is -1.17. The van der Waals surface area contributed by atoms with Crippen LogP contribution < -0.4 is 5.32 Å². The summed E-state index contributed by atoms with van der Waals surface area (Å²) >= 11 is 5.66. The molecule has 29 heavy (non-hydrogen) atoms. The van der Waals surface area contributed by atoms with Gasteiger partial charge in [-0.1, -0.05) is 24.2 Å². The number of carbonyl (C=O) groups excluding carboxylic acids is 1. The fourth-order valence-electron chi connectivity index (χ4n) is 2.21. The minimum atomic E-state index is -4.72. The summed E-state index contributed by atoms with van der Waals surface area (Å²) in [5.74, 6) is -1.03. The summed E-state index contributed by atoms with van der Waals surface area (Å²) in [5.41, 5.74) is 1.71. The maximum Gasteiger partial charge on any atom is 0.522 e. The van der Waals surface area contributed by atoms with Crippen LogP contribution in [0.3, 0.4) is 0 Å². The van der Waals surface area contributed by atoms with Crippen molar-refractivity contribution < 1.29 is 31.8 Å². The van der Waals surface area contributed by atoms with Crippen molar-refractivity contribution in [1.82, 2.24) is 14.9 Å². The van der Waals surface area contributed by atoms with E-state index in [0.717, 1.165) is 0 Å². The molecule has 0 fully saturated rings. The molecule has 1 aromatic heterocycles. The summed E-state index contributed by atoms with van der Waals surface area (Å²) in [7, 11) is 0. The Hall–Kier alpha value is -2.43. The molecular weight excluding hydrogens is 418 g/mol. The number of alkyl halides is 3. The Morgan fingerprint density at radius 1 is 1.31 bits per heavy atom. The van der Waals surface area contributed by atoms with Gasteiger partial charge in [-0.3, -0.25) is 9.53 Å². The predicted octanol–water partition coefficient (Wildman–Crippen LogP) is 3.87. The normalized spacial score (nSPS) is 11.5. The molecule has 0 bridgehead atoms. The van der Waals surface area contributed by atoms with Crippen molar-refractivity contribution in [1.29, 1.82) is 0 Å². The monoisotopic (exact) mass is 435 g/mol. The number of benzene rings is 1. The van der Waals surface area contributed by atoms with Gasteiger partial charge < -0.3 is 14.6 Å². The Balaban J connectivity index is 1.71. The van der Waals surface area contributed by atoms with Crippen LogP contribution in [-0.2, 0) is 14.3 Å². The molecule has 0 spiro atoms. The van der Waals surface area contributed by atoms with Gasteiger partial charge in [0.15, 0.2) is 0 Å². The first-order valence-electron chi connectivity index (χ1n) is 8.38. The number of hydrogen-bond donors (Lipinski definition) is 1. The average Bonchev–Trinajstić information content (AvgIpc) is 3.13. The van der Waals surface area contributed by atoms with Gasteiger partial charge in [0.1, 0.15) is 12.4 Å². The lowest BCUT2D eigenvalue weighted by Crippen LogP contribution is -2.29. The van der Waals surface area contributed by atoms with Crippen molar-refractivity contribution in [3.8, 4) is 11.3 Å². The second-order valence-corrected chi connectivity index (χ2v) is 6.22. The van der Waals surface area contributed by atoms with Crippen molar-refractivity contribution >= 4 is 23.2 Å². The lowest BCUT2D eigenvalue weighted by Gasteiger charge is -2.09. The zero-order valence-corrected chi connectivity index (χ0v) is 15.9. The first kappa shape index (κ1) is 22.9. The first-order valence-corrected chi connectivity index (χ1v) is 8.76. The van der Waals surface area contributed by atoms with Gasteiger partial charge in [0.05, 0.1) is 30.3 Å². The minimum Gasteiger partial charge on any atom is -0.369 e. The smallest absolute Gasteiger partial charge is 0.369 e. The molecule has 0 saturated carbocycles. The van der Waals surface area contributed by atoms with Crippen molar-refractivity contribution in [2.75, 3.05) is 26.4 Å². The van der Waals surface area contributed by atoms with Crippen LogP contribution in [0.25, 0.3) is 17.0 Å². The van der Waals surface area contributed by atoms with Crippen molar-refractivity contribution in [2.45, 2.75) is 12.8 Å². The highest BCUT2D eigenvalue weighted by Gasteiger charge is 2.28. The predicted molar refractivity (Wildman–Crippen MR) is 98.4 cm³/mol. The highest BCUT2D eigenvalue weighted by Crippen LogP contribution is 2.23. The van der Waals surface area contributed by atoms with E-state index in [4.69, 9.17) is 16.3 Å². The largest absolute Gasteiger partial charge is 0.522 e. The standard InChI is InChI=1S/C18H18ClF4N3O3/c1-12(4-5-24-17(27)10-28-6-7-29-18(21,22)23)26-9-16(25-11-26)13-2-3-14(19)15(20)8-13/h2-3,8-9,11H,1,4-7,10H2,(H,24,27). The molecule has 1 N–H and O–H groups in total.